The first kappa shape index (κ1) is 19.4. The molecule has 0 saturated carbocycles. The maximum Gasteiger partial charge on any atom is 0.338 e. The van der Waals surface area contributed by atoms with Crippen molar-refractivity contribution in [3.63, 3.8) is 0 Å². The van der Waals surface area contributed by atoms with Crippen LogP contribution in [0, 0.1) is 0 Å². The number of rotatable bonds is 7. The first-order valence-electron chi connectivity index (χ1n) is 7.82. The summed E-state index contributed by atoms with van der Waals surface area (Å²) in [5.74, 6) is -0.472. The van der Waals surface area contributed by atoms with E-state index in [2.05, 4.69) is 10.6 Å². The summed E-state index contributed by atoms with van der Waals surface area (Å²) in [6.07, 6.45) is 0. The van der Waals surface area contributed by atoms with Crippen LogP contribution in [0.25, 0.3) is 0 Å². The van der Waals surface area contributed by atoms with E-state index in [1.54, 1.807) is 6.92 Å². The second-order valence-electron chi connectivity index (χ2n) is 5.47. The highest BCUT2D eigenvalue weighted by molar-refractivity contribution is 5.95. The van der Waals surface area contributed by atoms with Gasteiger partial charge in [-0.05, 0) is 24.6 Å². The monoisotopic (exact) mass is 366 g/mol. The highest BCUT2D eigenvalue weighted by Crippen LogP contribution is 2.40. The molecule has 142 valence electrons. The zero-order chi connectivity index (χ0) is 19.3. The number of methoxy groups -OCH3 is 3. The van der Waals surface area contributed by atoms with Crippen molar-refractivity contribution in [1.29, 1.82) is 0 Å². The number of ether oxygens (including phenoxy) is 4. The summed E-state index contributed by atoms with van der Waals surface area (Å²) in [6.45, 7) is 1.94. The number of carbonyl (C=O) groups is 2. The number of nitrogens with one attached hydrogen (secondary N) is 2. The summed E-state index contributed by atoms with van der Waals surface area (Å²) in [6, 6.07) is 1.77. The van der Waals surface area contributed by atoms with Crippen LogP contribution in [0.4, 0.5) is 4.79 Å². The van der Waals surface area contributed by atoms with Crippen molar-refractivity contribution in [3.05, 3.63) is 29.0 Å². The van der Waals surface area contributed by atoms with Gasteiger partial charge in [-0.3, -0.25) is 0 Å². The maximum absolute atomic E-state index is 12.5. The van der Waals surface area contributed by atoms with E-state index in [9.17, 15) is 14.7 Å². The van der Waals surface area contributed by atoms with Gasteiger partial charge in [-0.1, -0.05) is 0 Å². The summed E-state index contributed by atoms with van der Waals surface area (Å²) >= 11 is 0. The van der Waals surface area contributed by atoms with Gasteiger partial charge in [0.1, 0.15) is 6.61 Å². The Morgan fingerprint density at radius 3 is 2.31 bits per heavy atom. The maximum atomic E-state index is 12.5. The molecular weight excluding hydrogens is 344 g/mol. The SMILES string of the molecule is COCCOC(=O)C1=C(C)NC(=O)NC1c1cc(OC)c(O)c(OC)c1. The largest absolute Gasteiger partial charge is 0.502 e. The zero-order valence-corrected chi connectivity index (χ0v) is 15.0. The molecule has 9 nitrogen and oxygen atoms in total. The molecule has 1 aliphatic rings. The molecule has 0 radical (unpaired) electrons. The molecule has 1 atom stereocenters. The number of benzene rings is 1. The van der Waals surface area contributed by atoms with Crippen molar-refractivity contribution in [2.45, 2.75) is 13.0 Å². The van der Waals surface area contributed by atoms with Crippen LogP contribution in [-0.2, 0) is 14.3 Å². The number of hydrogen-bond acceptors (Lipinski definition) is 7. The summed E-state index contributed by atoms with van der Waals surface area (Å²) in [4.78, 5) is 24.4. The lowest BCUT2D eigenvalue weighted by Gasteiger charge is -2.28. The van der Waals surface area contributed by atoms with E-state index < -0.39 is 18.0 Å². The Kier molecular flexibility index (Phi) is 6.29. The number of esters is 1. The lowest BCUT2D eigenvalue weighted by Crippen LogP contribution is -2.45. The quantitative estimate of drug-likeness (QED) is 0.491. The third-order valence-corrected chi connectivity index (χ3v) is 3.85. The molecule has 26 heavy (non-hydrogen) atoms. The van der Waals surface area contributed by atoms with Crippen molar-refractivity contribution in [1.82, 2.24) is 10.6 Å². The van der Waals surface area contributed by atoms with Gasteiger partial charge in [0.2, 0.25) is 5.75 Å². The molecule has 2 rings (SSSR count). The Morgan fingerprint density at radius 2 is 1.77 bits per heavy atom. The predicted octanol–water partition coefficient (Wildman–Crippen LogP) is 1.23. The fraction of sp³-hybridized carbons (Fsp3) is 0.412. The average Bonchev–Trinajstić information content (AvgIpc) is 2.61. The Bertz CT molecular complexity index is 705. The first-order chi connectivity index (χ1) is 12.4. The third kappa shape index (κ3) is 3.99. The van der Waals surface area contributed by atoms with Gasteiger partial charge in [0.25, 0.3) is 0 Å². The molecule has 1 aromatic rings. The number of amides is 2. The van der Waals surface area contributed by atoms with Crippen molar-refractivity contribution in [3.8, 4) is 17.2 Å². The molecule has 1 aromatic carbocycles. The highest BCUT2D eigenvalue weighted by atomic mass is 16.6. The van der Waals surface area contributed by atoms with Crippen molar-refractivity contribution >= 4 is 12.0 Å². The summed E-state index contributed by atoms with van der Waals surface area (Å²) < 4.78 is 20.3. The lowest BCUT2D eigenvalue weighted by atomic mass is 9.95. The smallest absolute Gasteiger partial charge is 0.338 e. The van der Waals surface area contributed by atoms with Gasteiger partial charge in [-0.15, -0.1) is 0 Å². The molecule has 2 amide bonds. The molecule has 1 unspecified atom stereocenters. The van der Waals surface area contributed by atoms with Gasteiger partial charge >= 0.3 is 12.0 Å². The molecule has 0 aliphatic carbocycles. The number of carbonyl (C=O) groups excluding carboxylic acids is 2. The van der Waals surface area contributed by atoms with Crippen molar-refractivity contribution < 1.29 is 33.6 Å². The minimum absolute atomic E-state index is 0.0784. The number of urea groups is 1. The Morgan fingerprint density at radius 1 is 1.15 bits per heavy atom. The van der Waals surface area contributed by atoms with Gasteiger partial charge in [0.05, 0.1) is 32.4 Å². The Balaban J connectivity index is 2.45. The number of aromatic hydroxyl groups is 1. The topological polar surface area (TPSA) is 115 Å². The Labute approximate surface area is 150 Å². The normalized spacial score (nSPS) is 16.6. The molecule has 0 bridgehead atoms. The second kappa shape index (κ2) is 8.43. The van der Waals surface area contributed by atoms with Crippen LogP contribution in [0.1, 0.15) is 18.5 Å². The molecule has 0 saturated heterocycles. The standard InChI is InChI=1S/C17H22N2O7/c1-9-13(16(21)26-6-5-23-2)14(19-17(22)18-9)10-7-11(24-3)15(20)12(8-10)25-4/h7-8,14,20H,5-6H2,1-4H3,(H2,18,19,22). The van der Waals surface area contributed by atoms with E-state index in [1.165, 1.54) is 33.5 Å². The Hall–Kier alpha value is -2.94. The predicted molar refractivity (Wildman–Crippen MR) is 91.2 cm³/mol. The first-order valence-corrected chi connectivity index (χ1v) is 7.82. The summed E-state index contributed by atoms with van der Waals surface area (Å²) in [5.41, 5.74) is 1.09. The number of phenolic OH excluding ortho intramolecular Hbond substituents is 1. The van der Waals surface area contributed by atoms with Crippen molar-refractivity contribution in [2.75, 3.05) is 34.5 Å². The van der Waals surface area contributed by atoms with Gasteiger partial charge in [-0.2, -0.15) is 0 Å². The molecule has 0 fully saturated rings. The molecular formula is C17H22N2O7. The van der Waals surface area contributed by atoms with Gasteiger partial charge in [-0.25, -0.2) is 9.59 Å². The van der Waals surface area contributed by atoms with E-state index in [4.69, 9.17) is 18.9 Å². The third-order valence-electron chi connectivity index (χ3n) is 3.85. The van der Waals surface area contributed by atoms with Crippen molar-refractivity contribution in [2.24, 2.45) is 0 Å². The second-order valence-corrected chi connectivity index (χ2v) is 5.47. The van der Waals surface area contributed by atoms with Crippen LogP contribution in [0.15, 0.2) is 23.4 Å². The van der Waals surface area contributed by atoms with Gasteiger partial charge in [0, 0.05) is 12.8 Å². The zero-order valence-electron chi connectivity index (χ0n) is 15.0. The molecule has 1 aliphatic heterocycles. The van der Waals surface area contributed by atoms with Crippen LogP contribution in [0.2, 0.25) is 0 Å². The van der Waals surface area contributed by atoms with Crippen LogP contribution in [-0.4, -0.2) is 51.7 Å². The van der Waals surface area contributed by atoms with Gasteiger partial charge < -0.3 is 34.7 Å². The fourth-order valence-corrected chi connectivity index (χ4v) is 2.59. The number of allylic oxidation sites excluding steroid dienone is 1. The number of phenols is 1. The highest BCUT2D eigenvalue weighted by Gasteiger charge is 2.33. The van der Waals surface area contributed by atoms with E-state index in [-0.39, 0.29) is 36.0 Å². The molecule has 3 N–H and O–H groups in total. The van der Waals surface area contributed by atoms with Crippen LogP contribution < -0.4 is 20.1 Å². The summed E-state index contributed by atoms with van der Waals surface area (Å²) in [5, 5.41) is 15.3. The fourth-order valence-electron chi connectivity index (χ4n) is 2.59. The number of hydrogen-bond donors (Lipinski definition) is 3. The molecule has 0 aromatic heterocycles. The average molecular weight is 366 g/mol. The molecule has 9 heteroatoms. The minimum Gasteiger partial charge on any atom is -0.502 e. The lowest BCUT2D eigenvalue weighted by molar-refractivity contribution is -0.140. The van der Waals surface area contributed by atoms with E-state index in [0.29, 0.717) is 11.3 Å². The van der Waals surface area contributed by atoms with Gasteiger partial charge in [0.15, 0.2) is 11.5 Å². The van der Waals surface area contributed by atoms with Crippen LogP contribution >= 0.6 is 0 Å². The van der Waals surface area contributed by atoms with Crippen LogP contribution in [0.3, 0.4) is 0 Å². The van der Waals surface area contributed by atoms with E-state index in [0.717, 1.165) is 0 Å². The van der Waals surface area contributed by atoms with E-state index >= 15 is 0 Å². The minimum atomic E-state index is -0.804. The summed E-state index contributed by atoms with van der Waals surface area (Å²) in [7, 11) is 4.28. The molecule has 0 spiro atoms. The molecule has 1 heterocycles. The van der Waals surface area contributed by atoms with E-state index in [1.807, 2.05) is 0 Å². The van der Waals surface area contributed by atoms with Crippen LogP contribution in [0.5, 0.6) is 17.2 Å².